The third-order valence-electron chi connectivity index (χ3n) is 5.83. The molecule has 2 fully saturated rings. The molecule has 0 radical (unpaired) electrons. The molecule has 11 heteroatoms. The Bertz CT molecular complexity index is 996. The summed E-state index contributed by atoms with van der Waals surface area (Å²) in [5, 5.41) is 14.6. The van der Waals surface area contributed by atoms with Gasteiger partial charge in [-0.15, -0.1) is 11.3 Å². The normalized spacial score (nSPS) is 19.2. The van der Waals surface area contributed by atoms with Crippen molar-refractivity contribution in [3.63, 3.8) is 0 Å². The number of anilines is 2. The Morgan fingerprint density at radius 3 is 2.37 bits per heavy atom. The van der Waals surface area contributed by atoms with Gasteiger partial charge in [-0.2, -0.15) is 4.31 Å². The van der Waals surface area contributed by atoms with Crippen molar-refractivity contribution in [2.45, 2.75) is 24.7 Å². The van der Waals surface area contributed by atoms with Crippen LogP contribution in [0, 0.1) is 16.0 Å². The largest absolute Gasteiger partial charge is 0.362 e. The van der Waals surface area contributed by atoms with Crippen molar-refractivity contribution < 1.29 is 13.3 Å². The Hall–Kier alpha value is -2.24. The van der Waals surface area contributed by atoms with Crippen molar-refractivity contribution in [3.8, 4) is 0 Å². The molecule has 0 spiro atoms. The lowest BCUT2D eigenvalue weighted by molar-refractivity contribution is -0.384. The second-order valence-electron chi connectivity index (χ2n) is 7.78. The SMILES string of the molecule is CC1CCN(S(=O)(=O)c2ccc(N3CCN(c4nccs4)CC3)c([N+](=O)[O-])c2)CC1. The molecule has 0 atom stereocenters. The molecule has 2 aliphatic heterocycles. The molecular formula is C19H25N5O4S2. The number of nitro benzene ring substituents is 1. The molecule has 1 aromatic carbocycles. The van der Waals surface area contributed by atoms with Crippen molar-refractivity contribution in [1.29, 1.82) is 0 Å². The molecule has 0 unspecified atom stereocenters. The molecule has 0 saturated carbocycles. The van der Waals surface area contributed by atoms with E-state index in [0.29, 0.717) is 50.9 Å². The lowest BCUT2D eigenvalue weighted by Gasteiger charge is -2.35. The zero-order valence-corrected chi connectivity index (χ0v) is 18.4. The maximum absolute atomic E-state index is 13.0. The number of rotatable bonds is 5. The van der Waals surface area contributed by atoms with Gasteiger partial charge in [0.25, 0.3) is 5.69 Å². The Labute approximate surface area is 180 Å². The lowest BCUT2D eigenvalue weighted by atomic mass is 10.0. The van der Waals surface area contributed by atoms with Crippen LogP contribution in [0.5, 0.6) is 0 Å². The van der Waals surface area contributed by atoms with Crippen LogP contribution in [-0.2, 0) is 10.0 Å². The second-order valence-corrected chi connectivity index (χ2v) is 10.6. The first-order chi connectivity index (χ1) is 14.4. The van der Waals surface area contributed by atoms with Gasteiger partial charge >= 0.3 is 0 Å². The molecule has 0 N–H and O–H groups in total. The fourth-order valence-electron chi connectivity index (χ4n) is 3.96. The van der Waals surface area contributed by atoms with E-state index in [4.69, 9.17) is 0 Å². The molecule has 3 heterocycles. The molecule has 1 aromatic heterocycles. The van der Waals surface area contributed by atoms with Crippen LogP contribution in [0.15, 0.2) is 34.7 Å². The van der Waals surface area contributed by atoms with Gasteiger partial charge in [0.2, 0.25) is 10.0 Å². The molecule has 30 heavy (non-hydrogen) atoms. The highest BCUT2D eigenvalue weighted by molar-refractivity contribution is 7.89. The number of thiazole rings is 1. The average molecular weight is 452 g/mol. The predicted molar refractivity (Wildman–Crippen MR) is 117 cm³/mol. The maximum Gasteiger partial charge on any atom is 0.293 e. The van der Waals surface area contributed by atoms with E-state index in [1.54, 1.807) is 23.6 Å². The van der Waals surface area contributed by atoms with Crippen LogP contribution in [0.4, 0.5) is 16.5 Å². The highest BCUT2D eigenvalue weighted by atomic mass is 32.2. The quantitative estimate of drug-likeness (QED) is 0.509. The van der Waals surface area contributed by atoms with E-state index in [9.17, 15) is 18.5 Å². The number of hydrogen-bond donors (Lipinski definition) is 0. The highest BCUT2D eigenvalue weighted by Crippen LogP contribution is 2.34. The van der Waals surface area contributed by atoms with Crippen LogP contribution in [0.1, 0.15) is 19.8 Å². The first-order valence-electron chi connectivity index (χ1n) is 10.0. The van der Waals surface area contributed by atoms with Gasteiger partial charge in [-0.3, -0.25) is 10.1 Å². The van der Waals surface area contributed by atoms with Crippen molar-refractivity contribution >= 4 is 37.9 Å². The number of sulfonamides is 1. The zero-order chi connectivity index (χ0) is 21.3. The van der Waals surface area contributed by atoms with E-state index in [2.05, 4.69) is 16.8 Å². The summed E-state index contributed by atoms with van der Waals surface area (Å²) < 4.78 is 27.5. The summed E-state index contributed by atoms with van der Waals surface area (Å²) in [4.78, 5) is 19.7. The van der Waals surface area contributed by atoms with Gasteiger partial charge in [-0.25, -0.2) is 13.4 Å². The first kappa shape index (κ1) is 21.0. The van der Waals surface area contributed by atoms with Crippen LogP contribution in [-0.4, -0.2) is 61.9 Å². The van der Waals surface area contributed by atoms with Crippen LogP contribution >= 0.6 is 11.3 Å². The first-order valence-corrected chi connectivity index (χ1v) is 12.4. The minimum atomic E-state index is -3.73. The molecule has 0 amide bonds. The molecule has 0 bridgehead atoms. The third kappa shape index (κ3) is 4.14. The molecule has 0 aliphatic carbocycles. The van der Waals surface area contributed by atoms with E-state index >= 15 is 0 Å². The van der Waals surface area contributed by atoms with Crippen LogP contribution in [0.3, 0.4) is 0 Å². The number of aromatic nitrogens is 1. The average Bonchev–Trinajstić information content (AvgIpc) is 3.28. The minimum Gasteiger partial charge on any atom is -0.362 e. The van der Waals surface area contributed by atoms with E-state index < -0.39 is 14.9 Å². The summed E-state index contributed by atoms with van der Waals surface area (Å²) in [5.74, 6) is 0.496. The van der Waals surface area contributed by atoms with Crippen molar-refractivity contribution in [2.24, 2.45) is 5.92 Å². The van der Waals surface area contributed by atoms with Crippen LogP contribution < -0.4 is 9.80 Å². The molecular weight excluding hydrogens is 426 g/mol. The van der Waals surface area contributed by atoms with Crippen molar-refractivity contribution in [3.05, 3.63) is 39.9 Å². The van der Waals surface area contributed by atoms with Gasteiger partial charge in [-0.05, 0) is 30.9 Å². The number of piperazine rings is 1. The number of hydrogen-bond acceptors (Lipinski definition) is 8. The summed E-state index contributed by atoms with van der Waals surface area (Å²) in [5.41, 5.74) is 0.300. The summed E-state index contributed by atoms with van der Waals surface area (Å²) >= 11 is 1.57. The standard InChI is InChI=1S/C19H25N5O4S2/c1-15-4-7-23(8-5-15)30(27,28)16-2-3-17(18(14-16)24(25)26)21-9-11-22(12-10-21)19-20-6-13-29-19/h2-3,6,13-15H,4-5,7-12H2,1H3. The van der Waals surface area contributed by atoms with E-state index in [0.717, 1.165) is 18.0 Å². The monoisotopic (exact) mass is 451 g/mol. The Morgan fingerprint density at radius 2 is 1.77 bits per heavy atom. The van der Waals surface area contributed by atoms with Gasteiger partial charge in [0, 0.05) is 56.9 Å². The van der Waals surface area contributed by atoms with Crippen LogP contribution in [0.25, 0.3) is 0 Å². The number of nitro groups is 1. The zero-order valence-electron chi connectivity index (χ0n) is 16.8. The van der Waals surface area contributed by atoms with Crippen molar-refractivity contribution in [1.82, 2.24) is 9.29 Å². The Balaban J connectivity index is 1.55. The molecule has 4 rings (SSSR count). The second kappa shape index (κ2) is 8.48. The van der Waals surface area contributed by atoms with Gasteiger partial charge in [-0.1, -0.05) is 6.92 Å². The number of nitrogens with zero attached hydrogens (tertiary/aromatic N) is 5. The Morgan fingerprint density at radius 1 is 1.10 bits per heavy atom. The smallest absolute Gasteiger partial charge is 0.293 e. The number of piperidine rings is 1. The van der Waals surface area contributed by atoms with Gasteiger partial charge in [0.1, 0.15) is 5.69 Å². The molecule has 2 saturated heterocycles. The van der Waals surface area contributed by atoms with E-state index in [1.165, 1.54) is 16.4 Å². The van der Waals surface area contributed by atoms with Gasteiger partial charge in [0.05, 0.1) is 9.82 Å². The number of benzene rings is 1. The predicted octanol–water partition coefficient (Wildman–Crippen LogP) is 2.80. The summed E-state index contributed by atoms with van der Waals surface area (Å²) in [7, 11) is -3.73. The molecule has 162 valence electrons. The fourth-order valence-corrected chi connectivity index (χ4v) is 6.15. The van der Waals surface area contributed by atoms with E-state index in [-0.39, 0.29) is 10.6 Å². The third-order valence-corrected chi connectivity index (χ3v) is 8.56. The highest BCUT2D eigenvalue weighted by Gasteiger charge is 2.31. The van der Waals surface area contributed by atoms with Crippen molar-refractivity contribution in [2.75, 3.05) is 49.1 Å². The van der Waals surface area contributed by atoms with Crippen LogP contribution in [0.2, 0.25) is 0 Å². The van der Waals surface area contributed by atoms with E-state index in [1.807, 2.05) is 10.3 Å². The Kier molecular flexibility index (Phi) is 5.94. The van der Waals surface area contributed by atoms with Gasteiger partial charge < -0.3 is 9.80 Å². The summed E-state index contributed by atoms with van der Waals surface area (Å²) in [6, 6.07) is 4.30. The molecule has 2 aromatic rings. The minimum absolute atomic E-state index is 0.00563. The maximum atomic E-state index is 13.0. The topological polar surface area (TPSA) is 99.9 Å². The summed E-state index contributed by atoms with van der Waals surface area (Å²) in [6.45, 7) is 5.65. The molecule has 2 aliphatic rings. The molecule has 9 nitrogen and oxygen atoms in total. The fraction of sp³-hybridized carbons (Fsp3) is 0.526. The lowest BCUT2D eigenvalue weighted by Crippen LogP contribution is -2.46. The van der Waals surface area contributed by atoms with Gasteiger partial charge in [0.15, 0.2) is 5.13 Å². The summed E-state index contributed by atoms with van der Waals surface area (Å²) in [6.07, 6.45) is 3.38.